The van der Waals surface area contributed by atoms with Gasteiger partial charge in [0.1, 0.15) is 11.9 Å². The summed E-state index contributed by atoms with van der Waals surface area (Å²) in [6.07, 6.45) is 2.18. The van der Waals surface area contributed by atoms with Gasteiger partial charge in [0.2, 0.25) is 11.8 Å². The van der Waals surface area contributed by atoms with E-state index in [0.717, 1.165) is 16.9 Å². The molecule has 3 N–H and O–H groups in total. The Kier molecular flexibility index (Phi) is 7.52. The van der Waals surface area contributed by atoms with Crippen LogP contribution in [0, 0.1) is 12.7 Å². The number of carbonyl (C=O) groups excluding carboxylic acids is 2. The number of nitrogens with zero attached hydrogens (tertiary/aromatic N) is 3. The maximum Gasteiger partial charge on any atom is 0.242 e. The van der Waals surface area contributed by atoms with E-state index in [1.807, 2.05) is 43.5 Å². The number of hydrogen-bond acceptors (Lipinski definition) is 6. The highest BCUT2D eigenvalue weighted by Gasteiger charge is 2.35. The Morgan fingerprint density at radius 3 is 2.74 bits per heavy atom. The van der Waals surface area contributed by atoms with Crippen LogP contribution < -0.4 is 15.4 Å². The van der Waals surface area contributed by atoms with E-state index < -0.39 is 17.9 Å². The highest BCUT2D eigenvalue weighted by molar-refractivity contribution is 7.95. The smallest absolute Gasteiger partial charge is 0.242 e. The normalized spacial score (nSPS) is 18.5. The molecule has 0 spiro atoms. The van der Waals surface area contributed by atoms with Crippen LogP contribution in [0.5, 0.6) is 0 Å². The minimum atomic E-state index is -0.579. The van der Waals surface area contributed by atoms with Crippen LogP contribution in [-0.2, 0) is 16.1 Å². The number of anilines is 1. The maximum absolute atomic E-state index is 13.4. The van der Waals surface area contributed by atoms with Gasteiger partial charge in [-0.1, -0.05) is 29.8 Å². The van der Waals surface area contributed by atoms with Crippen molar-refractivity contribution in [2.75, 3.05) is 12.4 Å². The average molecular weight is 503 g/mol. The Balaban J connectivity index is 1.36. The standard InChI is InChI=1S/C23H24ClFN6O2S/c1-14-13-31(16-6-4-3-5-7-16)28-20(14)12-26-22(32)19-11-21(30(2)34-29-19)23(33)27-15-8-9-18(25)17(24)10-15/h3-10,13,19,21,29H,11-12H2,1-2H3,(H,26,32)(H,27,33). The zero-order chi connectivity index (χ0) is 24.2. The zero-order valence-electron chi connectivity index (χ0n) is 18.6. The van der Waals surface area contributed by atoms with Gasteiger partial charge in [-0.05, 0) is 56.3 Å². The number of amides is 2. The topological polar surface area (TPSA) is 91.3 Å². The lowest BCUT2D eigenvalue weighted by molar-refractivity contribution is -0.124. The third-order valence-corrected chi connectivity index (χ3v) is 6.72. The van der Waals surface area contributed by atoms with Crippen molar-refractivity contribution < 1.29 is 14.0 Å². The van der Waals surface area contributed by atoms with Gasteiger partial charge in [-0.2, -0.15) is 5.10 Å². The fourth-order valence-electron chi connectivity index (χ4n) is 3.54. The molecule has 34 heavy (non-hydrogen) atoms. The number of benzene rings is 2. The summed E-state index contributed by atoms with van der Waals surface area (Å²) < 4.78 is 20.0. The van der Waals surface area contributed by atoms with E-state index in [0.29, 0.717) is 5.69 Å². The van der Waals surface area contributed by atoms with Gasteiger partial charge >= 0.3 is 0 Å². The summed E-state index contributed by atoms with van der Waals surface area (Å²) in [5.41, 5.74) is 3.05. The van der Waals surface area contributed by atoms with Crippen molar-refractivity contribution in [2.45, 2.75) is 32.0 Å². The third-order valence-electron chi connectivity index (χ3n) is 5.49. The SMILES string of the molecule is Cc1cn(-c2ccccc2)nc1CNC(=O)C1CC(C(=O)Nc2ccc(F)c(Cl)c2)N(C)SN1. The van der Waals surface area contributed by atoms with E-state index >= 15 is 0 Å². The number of rotatable bonds is 6. The summed E-state index contributed by atoms with van der Waals surface area (Å²) >= 11 is 6.99. The van der Waals surface area contributed by atoms with Crippen LogP contribution in [0.3, 0.4) is 0 Å². The van der Waals surface area contributed by atoms with Crippen molar-refractivity contribution in [3.05, 3.63) is 76.8 Å². The second kappa shape index (κ2) is 10.6. The number of para-hydroxylation sites is 1. The Morgan fingerprint density at radius 1 is 1.24 bits per heavy atom. The number of hydrogen-bond donors (Lipinski definition) is 3. The Bertz CT molecular complexity index is 1190. The van der Waals surface area contributed by atoms with Crippen molar-refractivity contribution in [3.8, 4) is 5.69 Å². The molecule has 2 aromatic carbocycles. The van der Waals surface area contributed by atoms with Crippen LogP contribution in [0.15, 0.2) is 54.7 Å². The number of likely N-dealkylation sites (N-methyl/N-ethyl adjacent to an activating group) is 1. The Hall–Kier alpha value is -2.92. The summed E-state index contributed by atoms with van der Waals surface area (Å²) in [6.45, 7) is 2.22. The molecule has 1 fully saturated rings. The molecule has 0 saturated carbocycles. The van der Waals surface area contributed by atoms with E-state index in [1.54, 1.807) is 16.0 Å². The second-order valence-electron chi connectivity index (χ2n) is 7.93. The predicted octanol–water partition coefficient (Wildman–Crippen LogP) is 3.45. The number of halogens is 2. The van der Waals surface area contributed by atoms with Gasteiger partial charge in [0.25, 0.3) is 0 Å². The number of carbonyl (C=O) groups is 2. The van der Waals surface area contributed by atoms with Crippen molar-refractivity contribution in [3.63, 3.8) is 0 Å². The molecule has 11 heteroatoms. The van der Waals surface area contributed by atoms with Crippen molar-refractivity contribution in [1.82, 2.24) is 24.1 Å². The summed E-state index contributed by atoms with van der Waals surface area (Å²) in [5, 5.41) is 10.2. The molecule has 0 aliphatic carbocycles. The van der Waals surface area contributed by atoms with Crippen LogP contribution in [0.25, 0.3) is 5.69 Å². The van der Waals surface area contributed by atoms with Crippen LogP contribution in [-0.4, -0.2) is 45.0 Å². The molecule has 1 aromatic heterocycles. The van der Waals surface area contributed by atoms with E-state index in [4.69, 9.17) is 11.6 Å². The zero-order valence-corrected chi connectivity index (χ0v) is 20.2. The summed E-state index contributed by atoms with van der Waals surface area (Å²) in [5.74, 6) is -1.10. The van der Waals surface area contributed by atoms with Crippen molar-refractivity contribution >= 4 is 41.2 Å². The van der Waals surface area contributed by atoms with Crippen LogP contribution in [0.1, 0.15) is 17.7 Å². The molecule has 1 aliphatic heterocycles. The van der Waals surface area contributed by atoms with Crippen LogP contribution in [0.2, 0.25) is 5.02 Å². The second-order valence-corrected chi connectivity index (χ2v) is 9.34. The summed E-state index contributed by atoms with van der Waals surface area (Å²) in [4.78, 5) is 25.7. The van der Waals surface area contributed by atoms with Gasteiger partial charge < -0.3 is 10.6 Å². The molecule has 178 valence electrons. The van der Waals surface area contributed by atoms with Gasteiger partial charge in [0.15, 0.2) is 0 Å². The highest BCUT2D eigenvalue weighted by Crippen LogP contribution is 2.24. The fraction of sp³-hybridized carbons (Fsp3) is 0.261. The molecule has 2 amide bonds. The lowest BCUT2D eigenvalue weighted by Crippen LogP contribution is -2.54. The monoisotopic (exact) mass is 502 g/mol. The molecular weight excluding hydrogens is 479 g/mol. The minimum absolute atomic E-state index is 0.0758. The fourth-order valence-corrected chi connectivity index (χ4v) is 4.53. The molecule has 4 rings (SSSR count). The number of nitrogens with one attached hydrogen (secondary N) is 3. The first-order valence-electron chi connectivity index (χ1n) is 10.6. The van der Waals surface area contributed by atoms with E-state index in [-0.39, 0.29) is 29.8 Å². The molecule has 3 aromatic rings. The first kappa shape index (κ1) is 24.2. The van der Waals surface area contributed by atoms with Crippen LogP contribution >= 0.6 is 23.7 Å². The van der Waals surface area contributed by atoms with Gasteiger partial charge in [-0.15, -0.1) is 0 Å². The molecule has 0 radical (unpaired) electrons. The molecule has 8 nitrogen and oxygen atoms in total. The highest BCUT2D eigenvalue weighted by atomic mass is 35.5. The van der Waals surface area contributed by atoms with Gasteiger partial charge in [0, 0.05) is 24.0 Å². The first-order chi connectivity index (χ1) is 16.3. The van der Waals surface area contributed by atoms with Crippen molar-refractivity contribution in [1.29, 1.82) is 0 Å². The minimum Gasteiger partial charge on any atom is -0.349 e. The van der Waals surface area contributed by atoms with Crippen LogP contribution in [0.4, 0.5) is 10.1 Å². The quantitative estimate of drug-likeness (QED) is 0.447. The van der Waals surface area contributed by atoms with Gasteiger partial charge in [-0.25, -0.2) is 18.1 Å². The largest absolute Gasteiger partial charge is 0.349 e. The number of aryl methyl sites for hydroxylation is 1. The molecule has 0 bridgehead atoms. The Labute approximate surface area is 206 Å². The van der Waals surface area contributed by atoms with Crippen molar-refractivity contribution in [2.24, 2.45) is 0 Å². The third kappa shape index (κ3) is 5.58. The molecule has 2 atom stereocenters. The predicted molar refractivity (Wildman–Crippen MR) is 131 cm³/mol. The molecule has 1 aliphatic rings. The summed E-state index contributed by atoms with van der Waals surface area (Å²) in [6, 6.07) is 12.6. The molecule has 1 saturated heterocycles. The lowest BCUT2D eigenvalue weighted by Gasteiger charge is -2.34. The maximum atomic E-state index is 13.4. The molecule has 2 unspecified atom stereocenters. The first-order valence-corrected chi connectivity index (χ1v) is 11.8. The lowest BCUT2D eigenvalue weighted by atomic mass is 10.1. The molecule has 2 heterocycles. The van der Waals surface area contributed by atoms with Gasteiger partial charge in [0.05, 0.1) is 29.0 Å². The number of aromatic nitrogens is 2. The van der Waals surface area contributed by atoms with Gasteiger partial charge in [-0.3, -0.25) is 9.59 Å². The van der Waals surface area contributed by atoms with E-state index in [2.05, 4.69) is 20.5 Å². The summed E-state index contributed by atoms with van der Waals surface area (Å²) in [7, 11) is 1.76. The molecular formula is C23H24ClFN6O2S. The van der Waals surface area contributed by atoms with E-state index in [9.17, 15) is 14.0 Å². The average Bonchev–Trinajstić information content (AvgIpc) is 3.21. The Morgan fingerprint density at radius 2 is 2.00 bits per heavy atom. The van der Waals surface area contributed by atoms with E-state index in [1.165, 1.54) is 30.3 Å².